The molecular weight excluding hydrogens is 394 g/mol. The van der Waals surface area contributed by atoms with Crippen LogP contribution in [0.15, 0.2) is 88.9 Å². The van der Waals surface area contributed by atoms with Crippen LogP contribution in [0, 0.1) is 0 Å². The van der Waals surface area contributed by atoms with Crippen molar-refractivity contribution in [3.8, 4) is 11.5 Å². The molecule has 0 atom stereocenters. The molecule has 0 aliphatic rings. The van der Waals surface area contributed by atoms with Gasteiger partial charge in [-0.15, -0.1) is 3.63 Å². The van der Waals surface area contributed by atoms with Gasteiger partial charge in [0.25, 0.3) is 0 Å². The van der Waals surface area contributed by atoms with Crippen molar-refractivity contribution in [2.45, 2.75) is 9.79 Å². The van der Waals surface area contributed by atoms with E-state index in [-0.39, 0.29) is 4.90 Å². The Morgan fingerprint density at radius 3 is 1.85 bits per heavy atom. The third-order valence-corrected chi connectivity index (χ3v) is 6.14. The fraction of sp³-hybridized carbons (Fsp3) is 0. The Balaban J connectivity index is 0.000000369. The van der Waals surface area contributed by atoms with E-state index in [1.807, 2.05) is 18.2 Å². The maximum Gasteiger partial charge on any atom is 0.315 e. The summed E-state index contributed by atoms with van der Waals surface area (Å²) in [6.07, 6.45) is 3.50. The fourth-order valence-electron chi connectivity index (χ4n) is 1.80. The second-order valence-electron chi connectivity index (χ2n) is 4.97. The Kier molecular flexibility index (Phi) is 6.50. The SMILES string of the molecule is O=S(=O)(OS(=O)(=O)c1cc(O)ccc1O)c1ccccc1.c1ccncc1. The van der Waals surface area contributed by atoms with Crippen LogP contribution in [0.2, 0.25) is 0 Å². The molecule has 0 saturated heterocycles. The average molecular weight is 409 g/mol. The van der Waals surface area contributed by atoms with Gasteiger partial charge in [-0.25, -0.2) is 0 Å². The summed E-state index contributed by atoms with van der Waals surface area (Å²) in [6.45, 7) is 0. The Labute approximate surface area is 156 Å². The van der Waals surface area contributed by atoms with Gasteiger partial charge in [-0.2, -0.15) is 16.8 Å². The van der Waals surface area contributed by atoms with Gasteiger partial charge in [0, 0.05) is 18.5 Å². The largest absolute Gasteiger partial charge is 0.508 e. The van der Waals surface area contributed by atoms with E-state index in [0.29, 0.717) is 6.07 Å². The molecule has 3 aromatic rings. The molecule has 27 heavy (non-hydrogen) atoms. The molecule has 0 aliphatic heterocycles. The highest BCUT2D eigenvalue weighted by Gasteiger charge is 2.29. The maximum absolute atomic E-state index is 11.9. The summed E-state index contributed by atoms with van der Waals surface area (Å²) in [4.78, 5) is 2.59. The van der Waals surface area contributed by atoms with Crippen LogP contribution < -0.4 is 0 Å². The molecule has 0 saturated carbocycles. The first-order chi connectivity index (χ1) is 12.7. The van der Waals surface area contributed by atoms with Gasteiger partial charge in [-0.05, 0) is 36.4 Å². The first kappa shape index (κ1) is 20.4. The zero-order valence-electron chi connectivity index (χ0n) is 13.7. The lowest BCUT2D eigenvalue weighted by atomic mass is 10.3. The van der Waals surface area contributed by atoms with Crippen LogP contribution >= 0.6 is 0 Å². The van der Waals surface area contributed by atoms with Gasteiger partial charge in [0.05, 0.1) is 4.90 Å². The molecule has 0 unspecified atom stereocenters. The minimum absolute atomic E-state index is 0.354. The summed E-state index contributed by atoms with van der Waals surface area (Å²) in [6, 6.07) is 15.0. The molecule has 0 spiro atoms. The third kappa shape index (κ3) is 5.78. The predicted octanol–water partition coefficient (Wildman–Crippen LogP) is 2.27. The monoisotopic (exact) mass is 409 g/mol. The molecular formula is C17H15NO7S2. The van der Waals surface area contributed by atoms with E-state index in [1.54, 1.807) is 18.5 Å². The van der Waals surface area contributed by atoms with Crippen LogP contribution in [0.5, 0.6) is 11.5 Å². The Hall–Kier alpha value is -2.95. The number of aromatic hydroxyl groups is 2. The van der Waals surface area contributed by atoms with Gasteiger partial charge in [0.1, 0.15) is 16.4 Å². The molecule has 0 bridgehead atoms. The van der Waals surface area contributed by atoms with Crippen LogP contribution in [0.25, 0.3) is 0 Å². The van der Waals surface area contributed by atoms with Gasteiger partial charge in [-0.1, -0.05) is 24.3 Å². The maximum atomic E-state index is 11.9. The molecule has 10 heteroatoms. The van der Waals surface area contributed by atoms with Crippen molar-refractivity contribution in [3.63, 3.8) is 0 Å². The van der Waals surface area contributed by atoms with Crippen molar-refractivity contribution < 1.29 is 30.7 Å². The molecule has 142 valence electrons. The molecule has 1 heterocycles. The average Bonchev–Trinajstić information content (AvgIpc) is 2.65. The van der Waals surface area contributed by atoms with Gasteiger partial charge in [-0.3, -0.25) is 4.98 Å². The zero-order valence-corrected chi connectivity index (χ0v) is 15.3. The van der Waals surface area contributed by atoms with E-state index in [4.69, 9.17) is 0 Å². The second kappa shape index (κ2) is 8.62. The number of phenolic OH excluding ortho intramolecular Hbond substituents is 2. The van der Waals surface area contributed by atoms with Gasteiger partial charge in [0.2, 0.25) is 0 Å². The van der Waals surface area contributed by atoms with Crippen molar-refractivity contribution in [2.75, 3.05) is 0 Å². The molecule has 3 rings (SSSR count). The molecule has 0 fully saturated rings. The van der Waals surface area contributed by atoms with Crippen LogP contribution in [0.1, 0.15) is 0 Å². The first-order valence-corrected chi connectivity index (χ1v) is 10.2. The number of hydrogen-bond donors (Lipinski definition) is 2. The van der Waals surface area contributed by atoms with E-state index >= 15 is 0 Å². The van der Waals surface area contributed by atoms with E-state index < -0.39 is 36.6 Å². The van der Waals surface area contributed by atoms with E-state index in [2.05, 4.69) is 8.61 Å². The van der Waals surface area contributed by atoms with Crippen LogP contribution in [0.4, 0.5) is 0 Å². The smallest absolute Gasteiger partial charge is 0.315 e. The normalized spacial score (nSPS) is 11.3. The van der Waals surface area contributed by atoms with Crippen LogP contribution in [-0.4, -0.2) is 32.0 Å². The lowest BCUT2D eigenvalue weighted by molar-refractivity contribution is 0.431. The summed E-state index contributed by atoms with van der Waals surface area (Å²) in [5, 5.41) is 18.7. The van der Waals surface area contributed by atoms with E-state index in [9.17, 15) is 27.0 Å². The first-order valence-electron chi connectivity index (χ1n) is 7.35. The van der Waals surface area contributed by atoms with Gasteiger partial charge >= 0.3 is 20.2 Å². The van der Waals surface area contributed by atoms with E-state index in [0.717, 1.165) is 24.3 Å². The molecule has 8 nitrogen and oxygen atoms in total. The number of hydrogen-bond acceptors (Lipinski definition) is 8. The molecule has 0 amide bonds. The summed E-state index contributed by atoms with van der Waals surface area (Å²) < 4.78 is 51.8. The summed E-state index contributed by atoms with van der Waals surface area (Å²) in [7, 11) is -9.39. The summed E-state index contributed by atoms with van der Waals surface area (Å²) >= 11 is 0. The molecule has 0 aliphatic carbocycles. The molecule has 1 aromatic heterocycles. The van der Waals surface area contributed by atoms with Crippen molar-refractivity contribution >= 4 is 20.2 Å². The topological polar surface area (TPSA) is 131 Å². The number of aromatic nitrogens is 1. The Morgan fingerprint density at radius 1 is 0.741 bits per heavy atom. The highest BCUT2D eigenvalue weighted by Crippen LogP contribution is 2.29. The Bertz CT molecular complexity index is 1060. The summed E-state index contributed by atoms with van der Waals surface area (Å²) in [5.74, 6) is -1.21. The fourth-order valence-corrected chi connectivity index (χ4v) is 4.43. The van der Waals surface area contributed by atoms with Crippen LogP contribution in [-0.2, 0) is 23.9 Å². The number of rotatable bonds is 4. The second-order valence-corrected chi connectivity index (χ2v) is 8.24. The number of benzene rings is 2. The van der Waals surface area contributed by atoms with Gasteiger partial charge in [0.15, 0.2) is 0 Å². The molecule has 2 N–H and O–H groups in total. The summed E-state index contributed by atoms with van der Waals surface area (Å²) in [5.41, 5.74) is 0. The minimum atomic E-state index is -4.82. The van der Waals surface area contributed by atoms with Crippen molar-refractivity contribution in [1.29, 1.82) is 0 Å². The lowest BCUT2D eigenvalue weighted by Crippen LogP contribution is -2.14. The molecule has 0 radical (unpaired) electrons. The van der Waals surface area contributed by atoms with E-state index in [1.165, 1.54) is 12.1 Å². The number of nitrogens with zero attached hydrogens (tertiary/aromatic N) is 1. The highest BCUT2D eigenvalue weighted by molar-refractivity contribution is 8.00. The van der Waals surface area contributed by atoms with Crippen molar-refractivity contribution in [3.05, 3.63) is 79.1 Å². The molecule has 2 aromatic carbocycles. The third-order valence-electron chi connectivity index (χ3n) is 2.99. The quantitative estimate of drug-likeness (QED) is 0.628. The van der Waals surface area contributed by atoms with Crippen molar-refractivity contribution in [2.24, 2.45) is 0 Å². The highest BCUT2D eigenvalue weighted by atomic mass is 32.3. The van der Waals surface area contributed by atoms with Crippen LogP contribution in [0.3, 0.4) is 0 Å². The number of phenols is 2. The standard InChI is InChI=1S/C12H10O7S2.C5H5N/c13-9-6-7-11(14)12(8-9)21(17,18)19-20(15,16)10-4-2-1-3-5-10;1-2-4-6-5-3-1/h1-8,13-14H;1-5H. The van der Waals surface area contributed by atoms with Crippen molar-refractivity contribution in [1.82, 2.24) is 4.98 Å². The zero-order chi connectivity index (χ0) is 19.9. The predicted molar refractivity (Wildman–Crippen MR) is 95.9 cm³/mol. The lowest BCUT2D eigenvalue weighted by Gasteiger charge is -2.08. The minimum Gasteiger partial charge on any atom is -0.508 e. The number of pyridine rings is 1. The Morgan fingerprint density at radius 2 is 1.33 bits per heavy atom. The van der Waals surface area contributed by atoms with Gasteiger partial charge < -0.3 is 10.2 Å².